The number of hydrogen-bond acceptors (Lipinski definition) is 4. The number of sulfonamides is 1. The average Bonchev–Trinajstić information content (AvgIpc) is 3.43. The minimum absolute atomic E-state index is 0.0511. The van der Waals surface area contributed by atoms with Crippen molar-refractivity contribution in [3.8, 4) is 11.1 Å². The van der Waals surface area contributed by atoms with E-state index in [1.54, 1.807) is 30.6 Å². The van der Waals surface area contributed by atoms with Crippen LogP contribution >= 0.6 is 11.6 Å². The molecule has 0 radical (unpaired) electrons. The molecule has 9 heteroatoms. The van der Waals surface area contributed by atoms with Crippen molar-refractivity contribution in [2.24, 2.45) is 0 Å². The molecule has 1 atom stereocenters. The third-order valence-corrected chi connectivity index (χ3v) is 8.90. The predicted octanol–water partition coefficient (Wildman–Crippen LogP) is 5.85. The van der Waals surface area contributed by atoms with E-state index in [0.29, 0.717) is 6.42 Å². The Labute approximate surface area is 227 Å². The summed E-state index contributed by atoms with van der Waals surface area (Å²) in [6.07, 6.45) is 11.3. The maximum absolute atomic E-state index is 13.7. The Balaban J connectivity index is 1.40. The fourth-order valence-corrected chi connectivity index (χ4v) is 6.25. The highest BCUT2D eigenvalue weighted by molar-refractivity contribution is 7.89. The fourth-order valence-electron chi connectivity index (χ4n) is 4.96. The van der Waals surface area contributed by atoms with Gasteiger partial charge in [0.05, 0.1) is 5.02 Å². The molecule has 0 bridgehead atoms. The second-order valence-corrected chi connectivity index (χ2v) is 11.5. The van der Waals surface area contributed by atoms with Gasteiger partial charge in [-0.05, 0) is 78.6 Å². The van der Waals surface area contributed by atoms with Gasteiger partial charge in [-0.3, -0.25) is 9.88 Å². The molecular weight excluding hydrogens is 523 g/mol. The summed E-state index contributed by atoms with van der Waals surface area (Å²) >= 11 is 6.31. The first-order valence-corrected chi connectivity index (χ1v) is 14.2. The van der Waals surface area contributed by atoms with Gasteiger partial charge in [0.15, 0.2) is 0 Å². The average molecular weight is 551 g/mol. The molecule has 0 spiro atoms. The summed E-state index contributed by atoms with van der Waals surface area (Å²) in [6, 6.07) is 15.8. The van der Waals surface area contributed by atoms with Gasteiger partial charge in [-0.2, -0.15) is 0 Å². The smallest absolute Gasteiger partial charge is 0.241 e. The number of aromatic nitrogens is 2. The zero-order valence-corrected chi connectivity index (χ0v) is 22.4. The van der Waals surface area contributed by atoms with Crippen molar-refractivity contribution in [3.63, 3.8) is 0 Å². The molecule has 1 aliphatic rings. The molecule has 1 aliphatic heterocycles. The molecule has 6 nitrogen and oxygen atoms in total. The van der Waals surface area contributed by atoms with Crippen LogP contribution in [0, 0.1) is 5.82 Å². The molecule has 196 valence electrons. The van der Waals surface area contributed by atoms with Crippen molar-refractivity contribution in [2.45, 2.75) is 23.8 Å². The van der Waals surface area contributed by atoms with Crippen molar-refractivity contribution < 1.29 is 12.8 Å². The second-order valence-electron chi connectivity index (χ2n) is 9.24. The summed E-state index contributed by atoms with van der Waals surface area (Å²) in [5, 5.41) is 0.198. The largest absolute Gasteiger partial charge is 0.366 e. The van der Waals surface area contributed by atoms with Crippen LogP contribution < -0.4 is 4.72 Å². The lowest BCUT2D eigenvalue weighted by Gasteiger charge is -2.36. The monoisotopic (exact) mass is 550 g/mol. The quantitative estimate of drug-likeness (QED) is 0.288. The van der Waals surface area contributed by atoms with Crippen LogP contribution in [0.1, 0.15) is 29.2 Å². The number of halogens is 2. The van der Waals surface area contributed by atoms with Gasteiger partial charge in [-0.25, -0.2) is 17.5 Å². The Morgan fingerprint density at radius 3 is 2.53 bits per heavy atom. The molecule has 0 fully saturated rings. The highest BCUT2D eigenvalue weighted by Gasteiger charge is 2.27. The van der Waals surface area contributed by atoms with E-state index in [9.17, 15) is 12.8 Å². The van der Waals surface area contributed by atoms with Gasteiger partial charge >= 0.3 is 0 Å². The van der Waals surface area contributed by atoms with Gasteiger partial charge in [0, 0.05) is 55.0 Å². The molecular formula is C29H28ClFN4O2S. The van der Waals surface area contributed by atoms with Gasteiger partial charge < -0.3 is 4.98 Å². The molecule has 38 heavy (non-hydrogen) atoms. The number of benzene rings is 2. The van der Waals surface area contributed by atoms with Crippen LogP contribution in [0.15, 0.2) is 90.4 Å². The van der Waals surface area contributed by atoms with Gasteiger partial charge in [0.1, 0.15) is 10.7 Å². The highest BCUT2D eigenvalue weighted by atomic mass is 35.5. The molecule has 5 rings (SSSR count). The Hall–Kier alpha value is -3.30. The Bertz CT molecular complexity index is 1550. The number of nitrogens with one attached hydrogen (secondary N) is 2. The minimum Gasteiger partial charge on any atom is -0.366 e. The topological polar surface area (TPSA) is 78.1 Å². The van der Waals surface area contributed by atoms with Crippen molar-refractivity contribution in [3.05, 3.63) is 113 Å². The SMILES string of the molecule is CNS(=O)(=O)c1ccc(CCN2CC=C(c3c[nH]cc3-c3ccncc3)CC2c2ccc(F)cc2)cc1Cl. The molecule has 2 aromatic carbocycles. The summed E-state index contributed by atoms with van der Waals surface area (Å²) in [5.41, 5.74) is 6.59. The van der Waals surface area contributed by atoms with Crippen LogP contribution in [0.4, 0.5) is 4.39 Å². The summed E-state index contributed by atoms with van der Waals surface area (Å²) in [4.78, 5) is 9.82. The Morgan fingerprint density at radius 1 is 1.08 bits per heavy atom. The summed E-state index contributed by atoms with van der Waals surface area (Å²) in [7, 11) is -2.26. The fraction of sp³-hybridized carbons (Fsp3) is 0.207. The first kappa shape index (κ1) is 26.3. The van der Waals surface area contributed by atoms with E-state index in [1.165, 1.54) is 24.8 Å². The summed E-state index contributed by atoms with van der Waals surface area (Å²) in [5.74, 6) is -0.260. The lowest BCUT2D eigenvalue weighted by Crippen LogP contribution is -2.34. The third-order valence-electron chi connectivity index (χ3n) is 7.01. The molecule has 0 amide bonds. The van der Waals surface area contributed by atoms with Crippen LogP contribution in [0.3, 0.4) is 0 Å². The normalized spacial score (nSPS) is 16.4. The first-order valence-electron chi connectivity index (χ1n) is 12.3. The van der Waals surface area contributed by atoms with E-state index in [0.717, 1.165) is 47.3 Å². The molecule has 1 unspecified atom stereocenters. The summed E-state index contributed by atoms with van der Waals surface area (Å²) < 4.78 is 40.4. The number of hydrogen-bond donors (Lipinski definition) is 2. The van der Waals surface area contributed by atoms with E-state index in [-0.39, 0.29) is 21.8 Å². The standard InChI is InChI=1S/C29H28ClFN4O2S/c1-32-38(36,37)29-7-2-20(16-27(29)30)10-14-35-15-11-23(17-28(35)22-3-5-24(31)6-4-22)26-19-34-18-25(26)21-8-12-33-13-9-21/h2-9,11-13,16,18-19,28,32,34H,10,14-15,17H2,1H3. The van der Waals surface area contributed by atoms with Gasteiger partial charge in [-0.1, -0.05) is 35.9 Å². The number of rotatable bonds is 8. The zero-order chi connectivity index (χ0) is 26.7. The molecule has 2 N–H and O–H groups in total. The molecule has 0 saturated carbocycles. The molecule has 2 aromatic heterocycles. The van der Waals surface area contributed by atoms with E-state index in [1.807, 2.05) is 36.7 Å². The van der Waals surface area contributed by atoms with Crippen molar-refractivity contribution in [1.29, 1.82) is 0 Å². The van der Waals surface area contributed by atoms with Crippen LogP contribution in [0.25, 0.3) is 16.7 Å². The molecule has 0 aliphatic carbocycles. The maximum atomic E-state index is 13.7. The zero-order valence-electron chi connectivity index (χ0n) is 20.9. The van der Waals surface area contributed by atoms with E-state index in [2.05, 4.69) is 25.7 Å². The first-order chi connectivity index (χ1) is 18.4. The summed E-state index contributed by atoms with van der Waals surface area (Å²) in [6.45, 7) is 1.45. The number of H-pyrrole nitrogens is 1. The van der Waals surface area contributed by atoms with Gasteiger partial charge in [0.25, 0.3) is 0 Å². The lowest BCUT2D eigenvalue weighted by molar-refractivity contribution is 0.216. The van der Waals surface area contributed by atoms with E-state index >= 15 is 0 Å². The van der Waals surface area contributed by atoms with Gasteiger partial charge in [-0.15, -0.1) is 0 Å². The number of aromatic amines is 1. The predicted molar refractivity (Wildman–Crippen MR) is 149 cm³/mol. The number of nitrogens with zero attached hydrogens (tertiary/aromatic N) is 2. The Kier molecular flexibility index (Phi) is 7.76. The lowest BCUT2D eigenvalue weighted by atomic mass is 9.88. The van der Waals surface area contributed by atoms with Crippen molar-refractivity contribution in [2.75, 3.05) is 20.1 Å². The molecule has 3 heterocycles. The highest BCUT2D eigenvalue weighted by Crippen LogP contribution is 2.39. The van der Waals surface area contributed by atoms with Crippen LogP contribution in [0.2, 0.25) is 5.02 Å². The van der Waals surface area contributed by atoms with Crippen molar-refractivity contribution in [1.82, 2.24) is 19.6 Å². The van der Waals surface area contributed by atoms with Crippen LogP contribution in [-0.4, -0.2) is 43.4 Å². The molecule has 4 aromatic rings. The number of pyridine rings is 1. The van der Waals surface area contributed by atoms with Crippen molar-refractivity contribution >= 4 is 27.2 Å². The molecule has 0 saturated heterocycles. The third kappa shape index (κ3) is 5.59. The van der Waals surface area contributed by atoms with Gasteiger partial charge in [0.2, 0.25) is 10.0 Å². The van der Waals surface area contributed by atoms with Crippen LogP contribution in [-0.2, 0) is 16.4 Å². The van der Waals surface area contributed by atoms with E-state index in [4.69, 9.17) is 11.6 Å². The van der Waals surface area contributed by atoms with E-state index < -0.39 is 10.0 Å². The Morgan fingerprint density at radius 2 is 1.82 bits per heavy atom. The second kappa shape index (κ2) is 11.2. The maximum Gasteiger partial charge on any atom is 0.241 e. The van der Waals surface area contributed by atoms with Crippen LogP contribution in [0.5, 0.6) is 0 Å². The minimum atomic E-state index is -3.62.